The first-order valence-corrected chi connectivity index (χ1v) is 5.17. The van der Waals surface area contributed by atoms with E-state index in [1.165, 1.54) is 0 Å². The molecule has 1 atom stereocenters. The molecule has 0 rings (SSSR count). The normalized spacial score (nSPS) is 13.6. The van der Waals surface area contributed by atoms with E-state index in [4.69, 9.17) is 16.7 Å². The standard InChI is InChI=1S/C9H21ClNO.ClH/c1-4-11(5-2,6-3)7-9(10)8-12;/h9,12H,4-8H2,1-3H3;1H/q+1;/p-1. The fourth-order valence-corrected chi connectivity index (χ4v) is 1.83. The molecule has 0 saturated heterocycles. The van der Waals surface area contributed by atoms with Crippen molar-refractivity contribution in [2.45, 2.75) is 26.1 Å². The lowest BCUT2D eigenvalue weighted by Crippen LogP contribution is -3.00. The summed E-state index contributed by atoms with van der Waals surface area (Å²) < 4.78 is 1.01. The third-order valence-electron chi connectivity index (χ3n) is 2.80. The van der Waals surface area contributed by atoms with Crippen LogP contribution in [-0.2, 0) is 0 Å². The molecule has 0 aliphatic carbocycles. The van der Waals surface area contributed by atoms with Crippen molar-refractivity contribution in [1.29, 1.82) is 0 Å². The SMILES string of the molecule is CC[N+](CC)(CC)CC(Cl)CO.[Cl-]. The maximum absolute atomic E-state index is 8.84. The topological polar surface area (TPSA) is 20.2 Å². The van der Waals surface area contributed by atoms with Gasteiger partial charge in [-0.2, -0.15) is 0 Å². The van der Waals surface area contributed by atoms with E-state index in [9.17, 15) is 0 Å². The van der Waals surface area contributed by atoms with Gasteiger partial charge < -0.3 is 22.0 Å². The number of nitrogens with zero attached hydrogens (tertiary/aromatic N) is 1. The number of alkyl halides is 1. The van der Waals surface area contributed by atoms with Crippen molar-refractivity contribution < 1.29 is 22.0 Å². The Bertz CT molecular complexity index is 110. The van der Waals surface area contributed by atoms with Crippen LogP contribution in [0.2, 0.25) is 0 Å². The first kappa shape index (κ1) is 15.9. The van der Waals surface area contributed by atoms with E-state index in [-0.39, 0.29) is 24.4 Å². The first-order chi connectivity index (χ1) is 5.64. The zero-order chi connectivity index (χ0) is 9.61. The van der Waals surface area contributed by atoms with Crippen molar-refractivity contribution in [2.75, 3.05) is 32.8 Å². The first-order valence-electron chi connectivity index (χ1n) is 4.74. The average Bonchev–Trinajstić information content (AvgIpc) is 2.14. The van der Waals surface area contributed by atoms with Gasteiger partial charge in [-0.25, -0.2) is 0 Å². The molecule has 0 aliphatic rings. The Kier molecular flexibility index (Phi) is 9.65. The van der Waals surface area contributed by atoms with E-state index in [0.29, 0.717) is 0 Å². The van der Waals surface area contributed by atoms with Gasteiger partial charge in [-0.1, -0.05) is 0 Å². The van der Waals surface area contributed by atoms with Gasteiger partial charge in [0.2, 0.25) is 0 Å². The van der Waals surface area contributed by atoms with Crippen LogP contribution in [0.3, 0.4) is 0 Å². The number of rotatable bonds is 6. The number of quaternary nitrogens is 1. The quantitative estimate of drug-likeness (QED) is 0.433. The number of aliphatic hydroxyl groups excluding tert-OH is 1. The fraction of sp³-hybridized carbons (Fsp3) is 1.00. The summed E-state index contributed by atoms with van der Waals surface area (Å²) in [5.74, 6) is 0. The molecule has 0 aliphatic heterocycles. The second-order valence-corrected chi connectivity index (χ2v) is 3.87. The minimum atomic E-state index is -0.0927. The van der Waals surface area contributed by atoms with Crippen molar-refractivity contribution in [1.82, 2.24) is 0 Å². The predicted octanol–water partition coefficient (Wildman–Crippen LogP) is -1.53. The van der Waals surface area contributed by atoms with Gasteiger partial charge in [0, 0.05) is 0 Å². The highest BCUT2D eigenvalue weighted by Gasteiger charge is 2.24. The summed E-state index contributed by atoms with van der Waals surface area (Å²) in [7, 11) is 0. The molecule has 0 aromatic carbocycles. The Hall–Kier alpha value is 0.500. The van der Waals surface area contributed by atoms with E-state index in [1.54, 1.807) is 0 Å². The van der Waals surface area contributed by atoms with Crippen molar-refractivity contribution in [3.05, 3.63) is 0 Å². The van der Waals surface area contributed by atoms with Crippen LogP contribution in [0.4, 0.5) is 0 Å². The molecule has 0 aromatic rings. The molecular formula is C9H21Cl2NO. The lowest BCUT2D eigenvalue weighted by molar-refractivity contribution is -0.923. The highest BCUT2D eigenvalue weighted by Crippen LogP contribution is 2.10. The molecule has 0 saturated carbocycles. The molecule has 82 valence electrons. The summed E-state index contributed by atoms with van der Waals surface area (Å²) in [6, 6.07) is 0. The minimum absolute atomic E-state index is 0. The number of hydrogen-bond acceptors (Lipinski definition) is 1. The van der Waals surface area contributed by atoms with E-state index in [1.807, 2.05) is 0 Å². The summed E-state index contributed by atoms with van der Waals surface area (Å²) in [5, 5.41) is 8.75. The van der Waals surface area contributed by atoms with Gasteiger partial charge in [0.05, 0.1) is 32.8 Å². The van der Waals surface area contributed by atoms with Gasteiger partial charge >= 0.3 is 0 Å². The summed E-state index contributed by atoms with van der Waals surface area (Å²) >= 11 is 5.92. The third kappa shape index (κ3) is 5.06. The third-order valence-corrected chi connectivity index (χ3v) is 3.07. The maximum Gasteiger partial charge on any atom is 0.106 e. The molecule has 2 nitrogen and oxygen atoms in total. The molecule has 0 amide bonds. The molecule has 0 fully saturated rings. The second kappa shape index (κ2) is 7.86. The minimum Gasteiger partial charge on any atom is -1.00 e. The van der Waals surface area contributed by atoms with Crippen LogP contribution in [0, 0.1) is 0 Å². The van der Waals surface area contributed by atoms with Gasteiger partial charge in [-0.3, -0.25) is 0 Å². The van der Waals surface area contributed by atoms with Crippen molar-refractivity contribution >= 4 is 11.6 Å². The van der Waals surface area contributed by atoms with Gasteiger partial charge in [0.15, 0.2) is 0 Å². The Labute approximate surface area is 92.9 Å². The fourth-order valence-electron chi connectivity index (χ4n) is 1.54. The highest BCUT2D eigenvalue weighted by atomic mass is 35.5. The van der Waals surface area contributed by atoms with Crippen molar-refractivity contribution in [2.24, 2.45) is 0 Å². The molecule has 0 aromatic heterocycles. The van der Waals surface area contributed by atoms with Crippen LogP contribution in [0.1, 0.15) is 20.8 Å². The maximum atomic E-state index is 8.84. The highest BCUT2D eigenvalue weighted by molar-refractivity contribution is 6.20. The molecule has 4 heteroatoms. The molecule has 0 heterocycles. The molecular weight excluding hydrogens is 209 g/mol. The van der Waals surface area contributed by atoms with Crippen LogP contribution >= 0.6 is 11.6 Å². The Morgan fingerprint density at radius 2 is 1.54 bits per heavy atom. The van der Waals surface area contributed by atoms with Gasteiger partial charge in [-0.15, -0.1) is 11.6 Å². The lowest BCUT2D eigenvalue weighted by atomic mass is 10.3. The second-order valence-electron chi connectivity index (χ2n) is 3.25. The van der Waals surface area contributed by atoms with Crippen LogP contribution in [0.25, 0.3) is 0 Å². The van der Waals surface area contributed by atoms with E-state index >= 15 is 0 Å². The van der Waals surface area contributed by atoms with Crippen LogP contribution in [-0.4, -0.2) is 47.8 Å². The van der Waals surface area contributed by atoms with Crippen LogP contribution in [0.5, 0.6) is 0 Å². The molecule has 13 heavy (non-hydrogen) atoms. The van der Waals surface area contributed by atoms with Gasteiger partial charge in [0.1, 0.15) is 5.38 Å². The Morgan fingerprint density at radius 3 is 1.77 bits per heavy atom. The zero-order valence-corrected chi connectivity index (χ0v) is 10.3. The largest absolute Gasteiger partial charge is 1.00 e. The monoisotopic (exact) mass is 229 g/mol. The Balaban J connectivity index is 0. The van der Waals surface area contributed by atoms with Crippen LogP contribution < -0.4 is 12.4 Å². The van der Waals surface area contributed by atoms with E-state index in [2.05, 4.69) is 20.8 Å². The predicted molar refractivity (Wildman–Crippen MR) is 53.5 cm³/mol. The van der Waals surface area contributed by atoms with Crippen LogP contribution in [0.15, 0.2) is 0 Å². The van der Waals surface area contributed by atoms with Gasteiger partial charge in [0.25, 0.3) is 0 Å². The summed E-state index contributed by atoms with van der Waals surface area (Å²) in [4.78, 5) is 0. The molecule has 0 bridgehead atoms. The summed E-state index contributed by atoms with van der Waals surface area (Å²) in [5.41, 5.74) is 0. The van der Waals surface area contributed by atoms with Crippen molar-refractivity contribution in [3.8, 4) is 0 Å². The van der Waals surface area contributed by atoms with E-state index in [0.717, 1.165) is 30.7 Å². The van der Waals surface area contributed by atoms with E-state index < -0.39 is 0 Å². The Morgan fingerprint density at radius 1 is 1.15 bits per heavy atom. The molecule has 0 radical (unpaired) electrons. The van der Waals surface area contributed by atoms with Crippen molar-refractivity contribution in [3.63, 3.8) is 0 Å². The van der Waals surface area contributed by atoms with Gasteiger partial charge in [-0.05, 0) is 20.8 Å². The number of hydrogen-bond donors (Lipinski definition) is 1. The smallest absolute Gasteiger partial charge is 0.106 e. The average molecular weight is 230 g/mol. The molecule has 1 unspecified atom stereocenters. The lowest BCUT2D eigenvalue weighted by Gasteiger charge is -2.36. The zero-order valence-electron chi connectivity index (χ0n) is 8.76. The summed E-state index contributed by atoms with van der Waals surface area (Å²) in [6.45, 7) is 10.8. The summed E-state index contributed by atoms with van der Waals surface area (Å²) in [6.07, 6.45) is 0. The molecule has 0 spiro atoms. The number of aliphatic hydroxyl groups is 1. The molecule has 1 N–H and O–H groups in total. The number of halogens is 2.